The second-order valence-corrected chi connectivity index (χ2v) is 3.62. The van der Waals surface area contributed by atoms with E-state index in [1.807, 2.05) is 19.1 Å². The fourth-order valence-electron chi connectivity index (χ4n) is 1.64. The SMILES string of the molecule is Cc1cc2cn[nH]c2cc1CC(=O)/C=N/O. The molecule has 0 aliphatic heterocycles. The summed E-state index contributed by atoms with van der Waals surface area (Å²) in [7, 11) is 0. The van der Waals surface area contributed by atoms with E-state index in [2.05, 4.69) is 15.4 Å². The molecule has 16 heavy (non-hydrogen) atoms. The minimum absolute atomic E-state index is 0.227. The predicted octanol–water partition coefficient (Wildman–Crippen LogP) is 1.44. The van der Waals surface area contributed by atoms with Gasteiger partial charge in [-0.2, -0.15) is 5.10 Å². The topological polar surface area (TPSA) is 78.3 Å². The van der Waals surface area contributed by atoms with Gasteiger partial charge in [-0.3, -0.25) is 9.89 Å². The molecular weight excluding hydrogens is 206 g/mol. The van der Waals surface area contributed by atoms with Gasteiger partial charge in [-0.25, -0.2) is 0 Å². The molecule has 0 atom stereocenters. The van der Waals surface area contributed by atoms with Crippen LogP contribution in [0.1, 0.15) is 11.1 Å². The van der Waals surface area contributed by atoms with E-state index in [9.17, 15) is 4.79 Å². The summed E-state index contributed by atoms with van der Waals surface area (Å²) in [6.07, 6.45) is 2.88. The third-order valence-corrected chi connectivity index (χ3v) is 2.46. The average molecular weight is 217 g/mol. The van der Waals surface area contributed by atoms with E-state index in [1.54, 1.807) is 6.20 Å². The Morgan fingerprint density at radius 3 is 3.19 bits per heavy atom. The number of aromatic nitrogens is 2. The fraction of sp³-hybridized carbons (Fsp3) is 0.182. The molecule has 0 amide bonds. The number of aryl methyl sites for hydroxylation is 1. The zero-order chi connectivity index (χ0) is 11.5. The Kier molecular flexibility index (Phi) is 2.68. The molecule has 0 saturated heterocycles. The molecule has 0 bridgehead atoms. The third-order valence-electron chi connectivity index (χ3n) is 2.46. The van der Waals surface area contributed by atoms with Gasteiger partial charge in [0.2, 0.25) is 0 Å². The molecule has 5 nitrogen and oxygen atoms in total. The van der Waals surface area contributed by atoms with Crippen LogP contribution < -0.4 is 0 Å². The largest absolute Gasteiger partial charge is 0.411 e. The number of carbonyl (C=O) groups excluding carboxylic acids is 1. The van der Waals surface area contributed by atoms with Gasteiger partial charge in [0, 0.05) is 11.8 Å². The number of hydrogen-bond acceptors (Lipinski definition) is 4. The van der Waals surface area contributed by atoms with Crippen molar-refractivity contribution in [3.05, 3.63) is 29.5 Å². The number of oxime groups is 1. The molecule has 1 heterocycles. The summed E-state index contributed by atoms with van der Waals surface area (Å²) in [5.74, 6) is -0.232. The summed E-state index contributed by atoms with van der Waals surface area (Å²) in [4.78, 5) is 11.3. The quantitative estimate of drug-likeness (QED) is 0.464. The van der Waals surface area contributed by atoms with Gasteiger partial charge in [0.25, 0.3) is 0 Å². The van der Waals surface area contributed by atoms with Crippen LogP contribution in [0.2, 0.25) is 0 Å². The van der Waals surface area contributed by atoms with Crippen molar-refractivity contribution in [3.63, 3.8) is 0 Å². The third kappa shape index (κ3) is 1.93. The van der Waals surface area contributed by atoms with Gasteiger partial charge in [0.1, 0.15) is 6.21 Å². The lowest BCUT2D eigenvalue weighted by atomic mass is 10.0. The first kappa shape index (κ1) is 10.4. The molecule has 0 spiro atoms. The van der Waals surface area contributed by atoms with E-state index in [4.69, 9.17) is 5.21 Å². The highest BCUT2D eigenvalue weighted by atomic mass is 16.4. The van der Waals surface area contributed by atoms with Gasteiger partial charge < -0.3 is 5.21 Å². The molecule has 2 rings (SSSR count). The minimum atomic E-state index is -0.232. The maximum absolute atomic E-state index is 11.3. The molecule has 1 aromatic heterocycles. The molecule has 1 aromatic carbocycles. The Labute approximate surface area is 91.8 Å². The van der Waals surface area contributed by atoms with Crippen LogP contribution in [0.15, 0.2) is 23.5 Å². The van der Waals surface area contributed by atoms with Gasteiger partial charge in [-0.15, -0.1) is 0 Å². The maximum Gasteiger partial charge on any atom is 0.181 e. The number of H-pyrrole nitrogens is 1. The van der Waals surface area contributed by atoms with Gasteiger partial charge in [-0.05, 0) is 30.2 Å². The summed E-state index contributed by atoms with van der Waals surface area (Å²) in [5.41, 5.74) is 2.82. The van der Waals surface area contributed by atoms with Crippen molar-refractivity contribution in [1.29, 1.82) is 0 Å². The van der Waals surface area contributed by atoms with Crippen LogP contribution >= 0.6 is 0 Å². The second-order valence-electron chi connectivity index (χ2n) is 3.62. The van der Waals surface area contributed by atoms with Crippen LogP contribution in [0, 0.1) is 6.92 Å². The lowest BCUT2D eigenvalue weighted by Crippen LogP contribution is -2.05. The summed E-state index contributed by atoms with van der Waals surface area (Å²) >= 11 is 0. The molecular formula is C11H11N3O2. The van der Waals surface area contributed by atoms with Crippen LogP contribution in [0.5, 0.6) is 0 Å². The van der Waals surface area contributed by atoms with Crippen molar-refractivity contribution in [2.75, 3.05) is 0 Å². The monoisotopic (exact) mass is 217 g/mol. The zero-order valence-corrected chi connectivity index (χ0v) is 8.77. The first-order chi connectivity index (χ1) is 7.70. The van der Waals surface area contributed by atoms with Gasteiger partial charge in [0.05, 0.1) is 11.7 Å². The van der Waals surface area contributed by atoms with E-state index in [-0.39, 0.29) is 12.2 Å². The van der Waals surface area contributed by atoms with Crippen LogP contribution in [-0.4, -0.2) is 27.4 Å². The predicted molar refractivity (Wildman–Crippen MR) is 59.8 cm³/mol. The normalized spacial score (nSPS) is 11.3. The van der Waals surface area contributed by atoms with Crippen LogP contribution in [0.25, 0.3) is 10.9 Å². The molecule has 0 aliphatic carbocycles. The Bertz CT molecular complexity index is 557. The van der Waals surface area contributed by atoms with E-state index < -0.39 is 0 Å². The summed E-state index contributed by atoms with van der Waals surface area (Å²) < 4.78 is 0. The van der Waals surface area contributed by atoms with Crippen molar-refractivity contribution >= 4 is 22.9 Å². The molecule has 0 aliphatic rings. The van der Waals surface area contributed by atoms with Gasteiger partial charge in [0.15, 0.2) is 5.78 Å². The Morgan fingerprint density at radius 1 is 1.62 bits per heavy atom. The number of rotatable bonds is 3. The highest BCUT2D eigenvalue weighted by Crippen LogP contribution is 2.17. The van der Waals surface area contributed by atoms with E-state index in [0.29, 0.717) is 0 Å². The van der Waals surface area contributed by atoms with E-state index >= 15 is 0 Å². The standard InChI is InChI=1S/C11H11N3O2/c1-7-2-9-5-12-14-11(9)4-8(7)3-10(15)6-13-16/h2,4-6,16H,3H2,1H3,(H,12,14)/b13-6+. The second kappa shape index (κ2) is 4.14. The maximum atomic E-state index is 11.3. The Hall–Kier alpha value is -2.17. The first-order valence-corrected chi connectivity index (χ1v) is 4.83. The number of carbonyl (C=O) groups is 1. The summed E-state index contributed by atoms with van der Waals surface area (Å²) in [6.45, 7) is 1.94. The highest BCUT2D eigenvalue weighted by Gasteiger charge is 2.06. The van der Waals surface area contributed by atoms with Crippen molar-refractivity contribution < 1.29 is 10.0 Å². The van der Waals surface area contributed by atoms with Gasteiger partial charge >= 0.3 is 0 Å². The molecule has 5 heteroatoms. The summed E-state index contributed by atoms with van der Waals surface area (Å²) in [5, 5.41) is 18.8. The number of Topliss-reactive ketones (excluding diaryl/α,β-unsaturated/α-hetero) is 1. The molecule has 0 radical (unpaired) electrons. The number of nitrogens with zero attached hydrogens (tertiary/aromatic N) is 2. The number of hydrogen-bond donors (Lipinski definition) is 2. The van der Waals surface area contributed by atoms with Crippen molar-refractivity contribution in [2.45, 2.75) is 13.3 Å². The van der Waals surface area contributed by atoms with E-state index in [1.165, 1.54) is 0 Å². The van der Waals surface area contributed by atoms with Crippen molar-refractivity contribution in [1.82, 2.24) is 10.2 Å². The number of benzene rings is 1. The lowest BCUT2D eigenvalue weighted by molar-refractivity contribution is -0.112. The molecule has 0 unspecified atom stereocenters. The molecule has 2 aromatic rings. The number of fused-ring (bicyclic) bond motifs is 1. The minimum Gasteiger partial charge on any atom is -0.411 e. The van der Waals surface area contributed by atoms with Gasteiger partial charge in [-0.1, -0.05) is 5.16 Å². The van der Waals surface area contributed by atoms with Crippen LogP contribution in [0.4, 0.5) is 0 Å². The molecule has 82 valence electrons. The molecule has 0 saturated carbocycles. The lowest BCUT2D eigenvalue weighted by Gasteiger charge is -2.03. The zero-order valence-electron chi connectivity index (χ0n) is 8.77. The average Bonchev–Trinajstić information content (AvgIpc) is 2.65. The molecule has 2 N–H and O–H groups in total. The van der Waals surface area contributed by atoms with Crippen molar-refractivity contribution in [3.8, 4) is 0 Å². The highest BCUT2D eigenvalue weighted by molar-refractivity contribution is 6.27. The number of nitrogens with one attached hydrogen (secondary N) is 1. The summed E-state index contributed by atoms with van der Waals surface area (Å²) in [6, 6.07) is 3.86. The number of ketones is 1. The molecule has 0 fully saturated rings. The van der Waals surface area contributed by atoms with Crippen LogP contribution in [0.3, 0.4) is 0 Å². The van der Waals surface area contributed by atoms with E-state index in [0.717, 1.165) is 28.2 Å². The Morgan fingerprint density at radius 2 is 2.44 bits per heavy atom. The first-order valence-electron chi connectivity index (χ1n) is 4.83. The van der Waals surface area contributed by atoms with Crippen molar-refractivity contribution in [2.24, 2.45) is 5.16 Å². The fourth-order valence-corrected chi connectivity index (χ4v) is 1.64. The Balaban J connectivity index is 2.36. The number of aromatic amines is 1. The smallest absolute Gasteiger partial charge is 0.181 e. The van der Waals surface area contributed by atoms with Crippen LogP contribution in [-0.2, 0) is 11.2 Å².